The molecule has 3 aromatic rings. The van der Waals surface area contributed by atoms with Gasteiger partial charge >= 0.3 is 17.9 Å². The number of rotatable bonds is 21. The number of carboxylic acid groups (broad SMARTS) is 1. The average molecular weight is 836 g/mol. The van der Waals surface area contributed by atoms with E-state index in [0.29, 0.717) is 0 Å². The highest BCUT2D eigenvalue weighted by molar-refractivity contribution is 5.83. The minimum atomic E-state index is -2.44. The summed E-state index contributed by atoms with van der Waals surface area (Å²) in [5.41, 5.74) is -4.72. The molecule has 0 saturated carbocycles. The topological polar surface area (TPSA) is 187 Å². The first-order chi connectivity index (χ1) is 27.7. The fraction of sp³-hybridized carbons (Fsp3) is 0.488. The number of carbonyl (C=O) groups excluding carboxylic acids is 2. The van der Waals surface area contributed by atoms with Crippen molar-refractivity contribution in [2.45, 2.75) is 58.3 Å². The molecule has 4 rings (SSSR count). The Kier molecular flexibility index (Phi) is 15.8. The number of benzene rings is 3. The second-order valence-electron chi connectivity index (χ2n) is 15.1. The van der Waals surface area contributed by atoms with Crippen LogP contribution in [0.3, 0.4) is 0 Å². The van der Waals surface area contributed by atoms with Crippen LogP contribution in [-0.4, -0.2) is 113 Å². The first-order valence-electron chi connectivity index (χ1n) is 18.4. The number of halogens is 2. The number of aliphatic hydroxyl groups is 1. The first-order valence-corrected chi connectivity index (χ1v) is 18.4. The molecule has 0 saturated heterocycles. The zero-order valence-corrected chi connectivity index (χ0v) is 34.3. The molecule has 0 amide bonds. The molecule has 0 fully saturated rings. The lowest BCUT2D eigenvalue weighted by atomic mass is 9.77. The number of anilines is 1. The van der Waals surface area contributed by atoms with Crippen LogP contribution in [0.2, 0.25) is 0 Å². The first kappa shape index (κ1) is 46.4. The van der Waals surface area contributed by atoms with Crippen LogP contribution in [-0.2, 0) is 48.4 Å². The van der Waals surface area contributed by atoms with Gasteiger partial charge in [0.05, 0.1) is 32.1 Å². The van der Waals surface area contributed by atoms with Crippen molar-refractivity contribution in [3.05, 3.63) is 70.8 Å². The zero-order valence-electron chi connectivity index (χ0n) is 34.3. The van der Waals surface area contributed by atoms with E-state index >= 15 is 8.78 Å². The van der Waals surface area contributed by atoms with Crippen molar-refractivity contribution >= 4 is 23.6 Å². The van der Waals surface area contributed by atoms with E-state index in [2.05, 4.69) is 0 Å². The largest absolute Gasteiger partial charge is 0.480 e. The Bertz CT molecular complexity index is 1840. The van der Waals surface area contributed by atoms with Gasteiger partial charge in [-0.25, -0.2) is 13.6 Å². The normalized spacial score (nSPS) is 13.1. The van der Waals surface area contributed by atoms with Gasteiger partial charge in [0.15, 0.2) is 43.3 Å². The van der Waals surface area contributed by atoms with E-state index in [1.807, 2.05) is 0 Å². The number of methoxy groups -OCH3 is 2. The fourth-order valence-corrected chi connectivity index (χ4v) is 5.75. The molecule has 2 N–H and O–H groups in total. The predicted octanol–water partition coefficient (Wildman–Crippen LogP) is 5.31. The molecule has 18 heteroatoms. The Balaban J connectivity index is 1.89. The summed E-state index contributed by atoms with van der Waals surface area (Å²) >= 11 is 0. The number of carbonyl (C=O) groups is 3. The molecule has 1 aliphatic heterocycles. The highest BCUT2D eigenvalue weighted by Crippen LogP contribution is 2.53. The Morgan fingerprint density at radius 3 is 1.59 bits per heavy atom. The fourth-order valence-electron chi connectivity index (χ4n) is 5.75. The van der Waals surface area contributed by atoms with Gasteiger partial charge in [0, 0.05) is 37.5 Å². The number of carboxylic acids is 1. The van der Waals surface area contributed by atoms with E-state index in [9.17, 15) is 24.6 Å². The van der Waals surface area contributed by atoms with Crippen molar-refractivity contribution in [1.82, 2.24) is 0 Å². The molecule has 3 aromatic carbocycles. The predicted molar refractivity (Wildman–Crippen MR) is 205 cm³/mol. The molecule has 0 aromatic heterocycles. The van der Waals surface area contributed by atoms with E-state index in [0.717, 1.165) is 12.1 Å². The molecule has 1 aliphatic rings. The molecule has 0 bridgehead atoms. The van der Waals surface area contributed by atoms with Gasteiger partial charge in [-0.2, -0.15) is 0 Å². The molecular formula is C41H51F2NO15. The molecule has 0 aliphatic carbocycles. The van der Waals surface area contributed by atoms with E-state index in [-0.39, 0.29) is 91.1 Å². The van der Waals surface area contributed by atoms with Gasteiger partial charge in [0.2, 0.25) is 0 Å². The lowest BCUT2D eigenvalue weighted by molar-refractivity contribution is -0.154. The minimum absolute atomic E-state index is 0.0228. The summed E-state index contributed by atoms with van der Waals surface area (Å²) in [6.07, 6.45) is 0. The highest BCUT2D eigenvalue weighted by atomic mass is 19.1. The number of fused-ring (bicyclic) bond motifs is 2. The Morgan fingerprint density at radius 1 is 0.695 bits per heavy atom. The van der Waals surface area contributed by atoms with Gasteiger partial charge in [-0.3, -0.25) is 9.59 Å². The van der Waals surface area contributed by atoms with Gasteiger partial charge in [0.25, 0.3) is 0 Å². The van der Waals surface area contributed by atoms with Crippen molar-refractivity contribution in [2.75, 3.05) is 78.8 Å². The number of nitrogens with zero attached hydrogens (tertiary/aromatic N) is 1. The van der Waals surface area contributed by atoms with Crippen LogP contribution in [0.25, 0.3) is 0 Å². The number of ether oxygens (including phenoxy) is 10. The lowest BCUT2D eigenvalue weighted by Gasteiger charge is -2.37. The van der Waals surface area contributed by atoms with Crippen LogP contribution >= 0.6 is 0 Å². The maximum Gasteiger partial charge on any atom is 0.341 e. The quantitative estimate of drug-likeness (QED) is 0.0798. The molecule has 0 spiro atoms. The Labute approximate surface area is 340 Å². The van der Waals surface area contributed by atoms with Gasteiger partial charge in [-0.05, 0) is 71.4 Å². The van der Waals surface area contributed by atoms with Crippen LogP contribution in [0.4, 0.5) is 14.5 Å². The van der Waals surface area contributed by atoms with E-state index in [1.54, 1.807) is 41.5 Å². The highest BCUT2D eigenvalue weighted by Gasteiger charge is 2.45. The summed E-state index contributed by atoms with van der Waals surface area (Å²) in [6.45, 7) is 8.14. The monoisotopic (exact) mass is 835 g/mol. The van der Waals surface area contributed by atoms with Crippen molar-refractivity contribution in [2.24, 2.45) is 0 Å². The van der Waals surface area contributed by atoms with Crippen LogP contribution in [0, 0.1) is 11.6 Å². The number of esters is 2. The summed E-state index contributed by atoms with van der Waals surface area (Å²) in [6, 6.07) is 8.17. The van der Waals surface area contributed by atoms with Crippen molar-refractivity contribution in [3.8, 4) is 28.7 Å². The number of hydrogen-bond donors (Lipinski definition) is 2. The lowest BCUT2D eigenvalue weighted by Crippen LogP contribution is -2.40. The molecule has 0 radical (unpaired) electrons. The van der Waals surface area contributed by atoms with Gasteiger partial charge in [-0.15, -0.1) is 0 Å². The molecule has 16 nitrogen and oxygen atoms in total. The third-order valence-corrected chi connectivity index (χ3v) is 8.08. The Hall–Kier alpha value is -5.27. The van der Waals surface area contributed by atoms with Gasteiger partial charge in [-0.1, -0.05) is 6.07 Å². The third-order valence-electron chi connectivity index (χ3n) is 8.08. The zero-order chi connectivity index (χ0) is 43.5. The SMILES string of the molecule is COCCOCOc1cc2c(cc1F)C(O)(c1ccc(N(CC(=O)OC(C)(C)C)CC(=O)OC(C)(C)C)c(OCC(=O)O)c1)c1cc(F)c(OCOCCOC)cc1O2. The van der Waals surface area contributed by atoms with Crippen LogP contribution in [0.1, 0.15) is 58.2 Å². The maximum absolute atomic E-state index is 15.8. The van der Waals surface area contributed by atoms with Crippen molar-refractivity contribution in [3.63, 3.8) is 0 Å². The van der Waals surface area contributed by atoms with Crippen LogP contribution < -0.4 is 23.8 Å². The van der Waals surface area contributed by atoms with E-state index < -0.39 is 66.0 Å². The summed E-state index contributed by atoms with van der Waals surface area (Å²) in [7, 11) is 2.97. The summed E-state index contributed by atoms with van der Waals surface area (Å²) in [5, 5.41) is 22.5. The van der Waals surface area contributed by atoms with Crippen LogP contribution in [0.15, 0.2) is 42.5 Å². The second kappa shape index (κ2) is 20.1. The molecular weight excluding hydrogens is 784 g/mol. The number of aliphatic carboxylic acids is 1. The van der Waals surface area contributed by atoms with Crippen molar-refractivity contribution < 1.29 is 80.7 Å². The molecule has 59 heavy (non-hydrogen) atoms. The van der Waals surface area contributed by atoms with E-state index in [4.69, 9.17) is 47.4 Å². The third kappa shape index (κ3) is 12.9. The van der Waals surface area contributed by atoms with Crippen molar-refractivity contribution in [1.29, 1.82) is 0 Å². The summed E-state index contributed by atoms with van der Waals surface area (Å²) < 4.78 is 86.0. The Morgan fingerprint density at radius 2 is 1.17 bits per heavy atom. The standard InChI is InChI=1S/C41H51F2NO15/c1-39(2,3)58-37(47)20-44(21-38(48)59-40(4,5)6)30-10-9-25(15-35(30)54-22-36(45)46)41(49)26-16-28(42)33(55-23-52-13-11-50-7)18-31(26)57-32-19-34(29(43)17-27(32)41)56-24-53-14-12-51-8/h9-10,15-19,49H,11-14,20-24H2,1-8H3,(H,45,46). The molecule has 0 atom stereocenters. The summed E-state index contributed by atoms with van der Waals surface area (Å²) in [5.74, 6) is -5.83. The summed E-state index contributed by atoms with van der Waals surface area (Å²) in [4.78, 5) is 39.4. The molecule has 1 heterocycles. The van der Waals surface area contributed by atoms with Gasteiger partial charge in [0.1, 0.15) is 47.1 Å². The second-order valence-corrected chi connectivity index (χ2v) is 15.1. The average Bonchev–Trinajstić information content (AvgIpc) is 3.13. The minimum Gasteiger partial charge on any atom is -0.480 e. The van der Waals surface area contributed by atoms with Crippen LogP contribution in [0.5, 0.6) is 28.7 Å². The maximum atomic E-state index is 15.8. The van der Waals surface area contributed by atoms with E-state index in [1.165, 1.54) is 49.5 Å². The van der Waals surface area contributed by atoms with Gasteiger partial charge < -0.3 is 62.5 Å². The number of hydrogen-bond acceptors (Lipinski definition) is 15. The molecule has 0 unspecified atom stereocenters. The molecule has 324 valence electrons. The smallest absolute Gasteiger partial charge is 0.341 e.